The van der Waals surface area contributed by atoms with Gasteiger partial charge in [0.25, 0.3) is 0 Å². The van der Waals surface area contributed by atoms with Crippen molar-refractivity contribution >= 4 is 56.1 Å². The smallest absolute Gasteiger partial charge is 0.332 e. The number of hydrogen-bond acceptors (Lipinski definition) is 6. The number of hydrogen-bond donors (Lipinski definition) is 0. The number of rotatable bonds is 4. The summed E-state index contributed by atoms with van der Waals surface area (Å²) in [6, 6.07) is 17.0. The average molecular weight is 457 g/mol. The number of carbonyl (C=O) groups is 3. The minimum absolute atomic E-state index is 0.0409. The number of carbonyl (C=O) groups excluding carboxylic acids is 3. The van der Waals surface area contributed by atoms with Crippen molar-refractivity contribution in [2.24, 2.45) is 5.16 Å². The zero-order valence-corrected chi connectivity index (χ0v) is 19.2. The van der Waals surface area contributed by atoms with E-state index in [0.29, 0.717) is 16.7 Å². The highest BCUT2D eigenvalue weighted by atomic mass is 32.2. The van der Waals surface area contributed by atoms with E-state index < -0.39 is 5.97 Å². The average Bonchev–Trinajstić information content (AvgIpc) is 3.31. The molecule has 0 spiro atoms. The molecule has 5 rings (SSSR count). The van der Waals surface area contributed by atoms with Gasteiger partial charge in [-0.05, 0) is 49.7 Å². The molecule has 0 unspecified atom stereocenters. The van der Waals surface area contributed by atoms with E-state index in [0.717, 1.165) is 38.8 Å². The maximum absolute atomic E-state index is 13.3. The van der Waals surface area contributed by atoms with Gasteiger partial charge < -0.3 is 9.40 Å². The Hall–Kier alpha value is -3.71. The van der Waals surface area contributed by atoms with E-state index in [1.54, 1.807) is 6.07 Å². The molecule has 0 N–H and O–H groups in total. The highest BCUT2D eigenvalue weighted by molar-refractivity contribution is 8.16. The van der Waals surface area contributed by atoms with Crippen LogP contribution in [0.4, 0.5) is 0 Å². The largest absolute Gasteiger partial charge is 0.341 e. The highest BCUT2D eigenvalue weighted by Crippen LogP contribution is 2.43. The molecule has 3 aromatic carbocycles. The summed E-state index contributed by atoms with van der Waals surface area (Å²) in [6.45, 7) is 5.95. The van der Waals surface area contributed by atoms with Gasteiger partial charge in [0, 0.05) is 51.3 Å². The summed E-state index contributed by atoms with van der Waals surface area (Å²) in [6.07, 6.45) is 0. The molecule has 7 heteroatoms. The fraction of sp³-hybridized carbons (Fsp3) is 0.154. The standard InChI is InChI=1S/C26H20N2O4S/c1-4-28-20-11-9-16(23(30)17-8-6-5-7-14(17)2)13-19(20)22-21(28)12-10-18-24(31)26(33-25(18)22)27-32-15(3)29/h5-13H,4H2,1-3H3/b27-26-. The fourth-order valence-electron chi connectivity index (χ4n) is 4.33. The molecule has 2 heterocycles. The lowest BCUT2D eigenvalue weighted by molar-refractivity contribution is -0.140. The van der Waals surface area contributed by atoms with Gasteiger partial charge in [-0.15, -0.1) is 0 Å². The van der Waals surface area contributed by atoms with E-state index in [1.165, 1.54) is 18.7 Å². The van der Waals surface area contributed by atoms with Crippen molar-refractivity contribution in [1.82, 2.24) is 4.57 Å². The minimum Gasteiger partial charge on any atom is -0.341 e. The van der Waals surface area contributed by atoms with Crippen LogP contribution in [0, 0.1) is 6.92 Å². The van der Waals surface area contributed by atoms with Crippen molar-refractivity contribution < 1.29 is 19.2 Å². The molecule has 0 saturated carbocycles. The monoisotopic (exact) mass is 456 g/mol. The van der Waals surface area contributed by atoms with Crippen molar-refractivity contribution in [2.75, 3.05) is 0 Å². The Balaban J connectivity index is 1.73. The topological polar surface area (TPSA) is 77.7 Å². The first-order valence-corrected chi connectivity index (χ1v) is 11.4. The normalized spacial score (nSPS) is 14.3. The fourth-order valence-corrected chi connectivity index (χ4v) is 5.39. The van der Waals surface area contributed by atoms with Gasteiger partial charge in [-0.3, -0.25) is 9.59 Å². The summed E-state index contributed by atoms with van der Waals surface area (Å²) in [5.41, 5.74) is 4.66. The first-order valence-electron chi connectivity index (χ1n) is 10.6. The molecular formula is C26H20N2O4S. The lowest BCUT2D eigenvalue weighted by atomic mass is 9.97. The molecule has 1 aliphatic rings. The number of ketones is 2. The van der Waals surface area contributed by atoms with Gasteiger partial charge in [-0.2, -0.15) is 0 Å². The number of oxime groups is 1. The van der Waals surface area contributed by atoms with Crippen LogP contribution < -0.4 is 0 Å². The summed E-state index contributed by atoms with van der Waals surface area (Å²) in [4.78, 5) is 42.8. The lowest BCUT2D eigenvalue weighted by Gasteiger charge is -2.06. The zero-order valence-electron chi connectivity index (χ0n) is 18.3. The second-order valence-electron chi connectivity index (χ2n) is 7.87. The second-order valence-corrected chi connectivity index (χ2v) is 8.87. The van der Waals surface area contributed by atoms with Crippen LogP contribution in [0.2, 0.25) is 0 Å². The van der Waals surface area contributed by atoms with Crippen LogP contribution in [0.1, 0.15) is 45.7 Å². The molecule has 1 aromatic heterocycles. The molecule has 0 bridgehead atoms. The third kappa shape index (κ3) is 3.36. The molecule has 6 nitrogen and oxygen atoms in total. The van der Waals surface area contributed by atoms with Gasteiger partial charge in [0.05, 0.1) is 5.52 Å². The van der Waals surface area contributed by atoms with Gasteiger partial charge in [0.15, 0.2) is 10.8 Å². The highest BCUT2D eigenvalue weighted by Gasteiger charge is 2.32. The first kappa shape index (κ1) is 21.2. The number of Topliss-reactive ketones (excluding diaryl/α,β-unsaturated/α-hetero) is 1. The summed E-state index contributed by atoms with van der Waals surface area (Å²) >= 11 is 1.19. The minimum atomic E-state index is -0.584. The molecule has 164 valence electrons. The molecule has 0 aliphatic carbocycles. The Morgan fingerprint density at radius 3 is 2.55 bits per heavy atom. The predicted octanol–water partition coefficient (Wildman–Crippen LogP) is 5.52. The van der Waals surface area contributed by atoms with Crippen molar-refractivity contribution in [3.05, 3.63) is 76.9 Å². The maximum Gasteiger partial charge on any atom is 0.332 e. The van der Waals surface area contributed by atoms with Gasteiger partial charge in [0.2, 0.25) is 5.78 Å². The Labute approximate surface area is 194 Å². The van der Waals surface area contributed by atoms with Crippen molar-refractivity contribution in [3.63, 3.8) is 0 Å². The number of aromatic nitrogens is 1. The van der Waals surface area contributed by atoms with Crippen LogP contribution >= 0.6 is 11.8 Å². The van der Waals surface area contributed by atoms with Crippen molar-refractivity contribution in [3.8, 4) is 0 Å². The molecule has 0 fully saturated rings. The molecule has 1 aliphatic heterocycles. The molecule has 0 radical (unpaired) electrons. The molecule has 0 saturated heterocycles. The van der Waals surface area contributed by atoms with Crippen LogP contribution in [0.25, 0.3) is 21.8 Å². The Morgan fingerprint density at radius 1 is 1.06 bits per heavy atom. The molecule has 0 amide bonds. The van der Waals surface area contributed by atoms with Gasteiger partial charge in [-0.1, -0.05) is 41.2 Å². The van der Waals surface area contributed by atoms with Crippen molar-refractivity contribution in [1.29, 1.82) is 0 Å². The lowest BCUT2D eigenvalue weighted by Crippen LogP contribution is -2.05. The Morgan fingerprint density at radius 2 is 1.82 bits per heavy atom. The van der Waals surface area contributed by atoms with Crippen LogP contribution in [0.3, 0.4) is 0 Å². The summed E-state index contributed by atoms with van der Waals surface area (Å²) in [5.74, 6) is -0.901. The Kier molecular flexibility index (Phi) is 5.13. The van der Waals surface area contributed by atoms with Crippen LogP contribution in [-0.2, 0) is 16.2 Å². The summed E-state index contributed by atoms with van der Waals surface area (Å²) in [5, 5.41) is 5.67. The number of aryl methyl sites for hydroxylation is 2. The maximum atomic E-state index is 13.3. The van der Waals surface area contributed by atoms with Crippen LogP contribution in [0.5, 0.6) is 0 Å². The molecule has 33 heavy (non-hydrogen) atoms. The third-order valence-corrected chi connectivity index (χ3v) is 6.93. The number of benzene rings is 3. The number of fused-ring (bicyclic) bond motifs is 5. The quantitative estimate of drug-likeness (QED) is 0.230. The van der Waals surface area contributed by atoms with E-state index in [1.807, 2.05) is 55.5 Å². The van der Waals surface area contributed by atoms with E-state index in [4.69, 9.17) is 4.84 Å². The van der Waals surface area contributed by atoms with E-state index in [-0.39, 0.29) is 16.6 Å². The molecule has 0 atom stereocenters. The van der Waals surface area contributed by atoms with Crippen molar-refractivity contribution in [2.45, 2.75) is 32.2 Å². The summed E-state index contributed by atoms with van der Waals surface area (Å²) < 4.78 is 2.17. The Bertz CT molecular complexity index is 1530. The predicted molar refractivity (Wildman–Crippen MR) is 129 cm³/mol. The second kappa shape index (κ2) is 8.01. The van der Waals surface area contributed by atoms with Gasteiger partial charge in [0.1, 0.15) is 0 Å². The first-order chi connectivity index (χ1) is 15.9. The van der Waals surface area contributed by atoms with Crippen LogP contribution in [0.15, 0.2) is 64.6 Å². The van der Waals surface area contributed by atoms with Gasteiger partial charge in [-0.25, -0.2) is 4.79 Å². The van der Waals surface area contributed by atoms with E-state index in [9.17, 15) is 14.4 Å². The molecular weight excluding hydrogens is 436 g/mol. The molecule has 4 aromatic rings. The van der Waals surface area contributed by atoms with Gasteiger partial charge >= 0.3 is 5.97 Å². The third-order valence-electron chi connectivity index (χ3n) is 5.85. The van der Waals surface area contributed by atoms with E-state index >= 15 is 0 Å². The SMILES string of the molecule is CCn1c2ccc(C(=O)c3ccccc3C)cc2c2c3c(ccc21)C(=O)/C(=N/OC(C)=O)S3. The number of thioether (sulfide) groups is 1. The summed E-state index contributed by atoms with van der Waals surface area (Å²) in [7, 11) is 0. The number of nitrogens with zero attached hydrogens (tertiary/aromatic N) is 2. The van der Waals surface area contributed by atoms with E-state index in [2.05, 4.69) is 16.6 Å². The zero-order chi connectivity index (χ0) is 23.3. The van der Waals surface area contributed by atoms with Crippen LogP contribution in [-0.4, -0.2) is 27.1 Å².